The average Bonchev–Trinajstić information content (AvgIpc) is 3.34. The number of benzene rings is 3. The fraction of sp³-hybridized carbons (Fsp3) is 0.290. The molecule has 0 bridgehead atoms. The molecule has 35 heavy (non-hydrogen) atoms. The third-order valence-corrected chi connectivity index (χ3v) is 6.41. The maximum absolute atomic E-state index is 12.6. The van der Waals surface area contributed by atoms with Gasteiger partial charge in [0.25, 0.3) is 6.01 Å². The van der Waals surface area contributed by atoms with Crippen LogP contribution in [0.25, 0.3) is 17.2 Å². The van der Waals surface area contributed by atoms with Crippen LogP contribution in [0.4, 0.5) is 6.01 Å². The summed E-state index contributed by atoms with van der Waals surface area (Å²) >= 11 is 0. The third kappa shape index (κ3) is 6.92. The maximum Gasteiger partial charge on any atom is 0.298 e. The molecule has 4 aromatic rings. The first kappa shape index (κ1) is 24.5. The molecule has 0 aliphatic heterocycles. The number of rotatable bonds is 12. The highest BCUT2D eigenvalue weighted by Gasteiger charge is 2.16. The van der Waals surface area contributed by atoms with Crippen molar-refractivity contribution in [1.29, 1.82) is 0 Å². The molecule has 1 heterocycles. The standard InChI is InChI=1S/C31H34N2O2/c1-3-29(34)27(15-9-13-24-11-5-4-6-12-24)23-26-20-18-25(19-21-26)14-10-22-33(2)31-32-28-16-7-8-17-30(28)35-31/h4-9,11-13,16-21,27H,3,10,14-15,22-23H2,1-2H3/b13-9+. The first-order valence-electron chi connectivity index (χ1n) is 12.5. The first-order chi connectivity index (χ1) is 17.1. The Balaban J connectivity index is 1.28. The molecule has 0 N–H and O–H groups in total. The van der Waals surface area contributed by atoms with Gasteiger partial charge >= 0.3 is 0 Å². The normalized spacial score (nSPS) is 12.3. The van der Waals surface area contributed by atoms with Gasteiger partial charge in [-0.25, -0.2) is 0 Å². The topological polar surface area (TPSA) is 46.3 Å². The number of anilines is 1. The number of allylic oxidation sites excluding steroid dienone is 1. The lowest BCUT2D eigenvalue weighted by Crippen LogP contribution is -2.19. The highest BCUT2D eigenvalue weighted by atomic mass is 16.4. The van der Waals surface area contributed by atoms with Gasteiger partial charge in [-0.15, -0.1) is 0 Å². The SMILES string of the molecule is CCC(=O)C(C/C=C/c1ccccc1)Cc1ccc(CCCN(C)c2nc3ccccc3o2)cc1. The van der Waals surface area contributed by atoms with Crippen molar-refractivity contribution >= 4 is 29.0 Å². The molecule has 1 aromatic heterocycles. The van der Waals surface area contributed by atoms with E-state index in [1.54, 1.807) is 0 Å². The van der Waals surface area contributed by atoms with Crippen LogP contribution >= 0.6 is 0 Å². The zero-order valence-corrected chi connectivity index (χ0v) is 20.7. The predicted octanol–water partition coefficient (Wildman–Crippen LogP) is 7.14. The Morgan fingerprint density at radius 2 is 1.69 bits per heavy atom. The Kier molecular flexibility index (Phi) is 8.50. The molecular weight excluding hydrogens is 432 g/mol. The van der Waals surface area contributed by atoms with Crippen molar-refractivity contribution in [2.24, 2.45) is 5.92 Å². The first-order valence-corrected chi connectivity index (χ1v) is 12.5. The van der Waals surface area contributed by atoms with Gasteiger partial charge in [-0.05, 0) is 54.5 Å². The van der Waals surface area contributed by atoms with E-state index in [9.17, 15) is 4.79 Å². The van der Waals surface area contributed by atoms with Gasteiger partial charge in [0.1, 0.15) is 11.3 Å². The van der Waals surface area contributed by atoms with Crippen molar-refractivity contribution in [2.75, 3.05) is 18.5 Å². The Labute approximate surface area is 208 Å². The molecule has 1 atom stereocenters. The van der Waals surface area contributed by atoms with Crippen molar-refractivity contribution in [3.8, 4) is 0 Å². The molecule has 4 rings (SSSR count). The number of nitrogens with zero attached hydrogens (tertiary/aromatic N) is 2. The largest absolute Gasteiger partial charge is 0.423 e. The minimum atomic E-state index is 0.0239. The molecule has 4 nitrogen and oxygen atoms in total. The number of aryl methyl sites for hydroxylation is 1. The van der Waals surface area contributed by atoms with E-state index in [4.69, 9.17) is 4.42 Å². The minimum absolute atomic E-state index is 0.0239. The number of fused-ring (bicyclic) bond motifs is 1. The van der Waals surface area contributed by atoms with E-state index in [0.717, 1.165) is 43.3 Å². The van der Waals surface area contributed by atoms with Gasteiger partial charge in [0.05, 0.1) is 0 Å². The summed E-state index contributed by atoms with van der Waals surface area (Å²) < 4.78 is 5.85. The molecule has 0 aliphatic carbocycles. The van der Waals surface area contributed by atoms with E-state index >= 15 is 0 Å². The zero-order valence-electron chi connectivity index (χ0n) is 20.7. The van der Waals surface area contributed by atoms with Gasteiger partial charge in [0.15, 0.2) is 5.58 Å². The van der Waals surface area contributed by atoms with Crippen LogP contribution in [0.1, 0.15) is 42.9 Å². The molecular formula is C31H34N2O2. The van der Waals surface area contributed by atoms with Crippen LogP contribution in [-0.2, 0) is 17.6 Å². The highest BCUT2D eigenvalue weighted by molar-refractivity contribution is 5.81. The van der Waals surface area contributed by atoms with Crippen LogP contribution in [0.2, 0.25) is 0 Å². The second kappa shape index (κ2) is 12.2. The van der Waals surface area contributed by atoms with Crippen LogP contribution in [0, 0.1) is 5.92 Å². The van der Waals surface area contributed by atoms with Crippen molar-refractivity contribution in [2.45, 2.75) is 39.0 Å². The van der Waals surface area contributed by atoms with Crippen molar-refractivity contribution in [3.63, 3.8) is 0 Å². The molecule has 0 saturated carbocycles. The van der Waals surface area contributed by atoms with Crippen LogP contribution in [0.5, 0.6) is 0 Å². The lowest BCUT2D eigenvalue weighted by molar-refractivity contribution is -0.122. The molecule has 0 radical (unpaired) electrons. The molecule has 0 fully saturated rings. The number of ketones is 1. The number of carbonyl (C=O) groups is 1. The number of para-hydroxylation sites is 2. The van der Waals surface area contributed by atoms with E-state index in [-0.39, 0.29) is 5.92 Å². The van der Waals surface area contributed by atoms with Crippen molar-refractivity contribution in [1.82, 2.24) is 4.98 Å². The Bertz CT molecular complexity index is 1210. The monoisotopic (exact) mass is 466 g/mol. The molecule has 180 valence electrons. The smallest absolute Gasteiger partial charge is 0.298 e. The summed E-state index contributed by atoms with van der Waals surface area (Å²) in [4.78, 5) is 19.2. The molecule has 3 aromatic carbocycles. The van der Waals surface area contributed by atoms with E-state index in [1.165, 1.54) is 16.7 Å². The van der Waals surface area contributed by atoms with E-state index in [2.05, 4.69) is 58.4 Å². The average molecular weight is 467 g/mol. The van der Waals surface area contributed by atoms with Gasteiger partial charge < -0.3 is 9.32 Å². The van der Waals surface area contributed by atoms with Gasteiger partial charge in [-0.2, -0.15) is 4.98 Å². The van der Waals surface area contributed by atoms with Gasteiger partial charge in [0, 0.05) is 25.9 Å². The molecule has 4 heteroatoms. The van der Waals surface area contributed by atoms with Gasteiger partial charge in [0.2, 0.25) is 0 Å². The molecule has 1 unspecified atom stereocenters. The summed E-state index contributed by atoms with van der Waals surface area (Å²) in [6, 6.07) is 27.5. The summed E-state index contributed by atoms with van der Waals surface area (Å²) in [6.45, 7) is 2.83. The molecule has 0 spiro atoms. The van der Waals surface area contributed by atoms with E-state index < -0.39 is 0 Å². The number of oxazole rings is 1. The molecule has 0 saturated heterocycles. The number of carbonyl (C=O) groups excluding carboxylic acids is 1. The summed E-state index contributed by atoms with van der Waals surface area (Å²) in [5.41, 5.74) is 5.40. The Morgan fingerprint density at radius 3 is 2.43 bits per heavy atom. The second-order valence-corrected chi connectivity index (χ2v) is 9.08. The van der Waals surface area contributed by atoms with Gasteiger partial charge in [-0.3, -0.25) is 4.79 Å². The fourth-order valence-corrected chi connectivity index (χ4v) is 4.32. The number of hydrogen-bond acceptors (Lipinski definition) is 4. The Hall–Kier alpha value is -3.66. The van der Waals surface area contributed by atoms with Gasteiger partial charge in [-0.1, -0.05) is 85.8 Å². The van der Waals surface area contributed by atoms with Crippen LogP contribution in [0.3, 0.4) is 0 Å². The van der Waals surface area contributed by atoms with Crippen molar-refractivity contribution in [3.05, 3.63) is 102 Å². The lowest BCUT2D eigenvalue weighted by Gasteiger charge is -2.15. The second-order valence-electron chi connectivity index (χ2n) is 9.08. The van der Waals surface area contributed by atoms with E-state index in [1.807, 2.05) is 56.4 Å². The Morgan fingerprint density at radius 1 is 0.971 bits per heavy atom. The zero-order chi connectivity index (χ0) is 24.5. The number of aromatic nitrogens is 1. The highest BCUT2D eigenvalue weighted by Crippen LogP contribution is 2.21. The minimum Gasteiger partial charge on any atom is -0.423 e. The van der Waals surface area contributed by atoms with Crippen molar-refractivity contribution < 1.29 is 9.21 Å². The number of hydrogen-bond donors (Lipinski definition) is 0. The predicted molar refractivity (Wildman–Crippen MR) is 145 cm³/mol. The summed E-state index contributed by atoms with van der Waals surface area (Å²) in [5.74, 6) is 0.352. The summed E-state index contributed by atoms with van der Waals surface area (Å²) in [7, 11) is 2.02. The maximum atomic E-state index is 12.6. The third-order valence-electron chi connectivity index (χ3n) is 6.41. The van der Waals surface area contributed by atoms with E-state index in [0.29, 0.717) is 18.2 Å². The van der Waals surface area contributed by atoms with Crippen LogP contribution in [0.15, 0.2) is 89.4 Å². The molecule has 0 aliphatic rings. The van der Waals surface area contributed by atoms with Crippen LogP contribution < -0.4 is 4.90 Å². The number of Topliss-reactive ketones (excluding diaryl/α,β-unsaturated/α-hetero) is 1. The lowest BCUT2D eigenvalue weighted by atomic mass is 9.90. The quantitative estimate of drug-likeness (QED) is 0.223. The summed E-state index contributed by atoms with van der Waals surface area (Å²) in [5, 5.41) is 0. The molecule has 0 amide bonds. The van der Waals surface area contributed by atoms with Crippen LogP contribution in [-0.4, -0.2) is 24.4 Å². The summed E-state index contributed by atoms with van der Waals surface area (Å²) in [6.07, 6.45) is 8.37. The fourth-order valence-electron chi connectivity index (χ4n) is 4.32.